The van der Waals surface area contributed by atoms with Crippen molar-refractivity contribution in [2.24, 2.45) is 5.41 Å². The average Bonchev–Trinajstić information content (AvgIpc) is 2.81. The molecule has 1 atom stereocenters. The van der Waals surface area contributed by atoms with Crippen molar-refractivity contribution in [2.75, 3.05) is 32.8 Å². The third-order valence-electron chi connectivity index (χ3n) is 6.06. The molecule has 1 unspecified atom stereocenters. The Kier molecular flexibility index (Phi) is 5.92. The predicted octanol–water partition coefficient (Wildman–Crippen LogP) is 3.11. The Morgan fingerprint density at radius 3 is 2.41 bits per heavy atom. The minimum atomic E-state index is -1.31. The van der Waals surface area contributed by atoms with E-state index < -0.39 is 17.4 Å². The van der Waals surface area contributed by atoms with Crippen LogP contribution in [0.15, 0.2) is 18.2 Å². The number of hydrogen-bond acceptors (Lipinski definition) is 6. The molecule has 1 saturated heterocycles. The standard InChI is InChI=1S/C21H29NO5/c1-25-16-10-9-15-11-12-21(19(23)26-2,20(24)27-3)18-8-6-4-5-7-13-22(18)17(15)14-16/h9-10,14,18H,4-8,11-13H2,1-3H3. The number of carbonyl (C=O) groups excluding carboxylic acids is 2. The molecule has 0 N–H and O–H groups in total. The van der Waals surface area contributed by atoms with Gasteiger partial charge >= 0.3 is 11.9 Å². The van der Waals surface area contributed by atoms with Crippen molar-refractivity contribution in [1.82, 2.24) is 0 Å². The number of benzene rings is 1. The number of aryl methyl sites for hydroxylation is 1. The number of carbonyl (C=O) groups is 2. The van der Waals surface area contributed by atoms with Gasteiger partial charge in [0.2, 0.25) is 0 Å². The Hall–Kier alpha value is -2.24. The van der Waals surface area contributed by atoms with Gasteiger partial charge in [0.15, 0.2) is 5.41 Å². The fourth-order valence-electron chi connectivity index (χ4n) is 4.66. The van der Waals surface area contributed by atoms with Crippen LogP contribution in [-0.4, -0.2) is 45.9 Å². The second kappa shape index (κ2) is 8.19. The highest BCUT2D eigenvalue weighted by Gasteiger charge is 2.57. The predicted molar refractivity (Wildman–Crippen MR) is 102 cm³/mol. The summed E-state index contributed by atoms with van der Waals surface area (Å²) in [7, 11) is 4.35. The van der Waals surface area contributed by atoms with E-state index in [4.69, 9.17) is 14.2 Å². The second-order valence-electron chi connectivity index (χ2n) is 7.36. The molecule has 1 aromatic rings. The quantitative estimate of drug-likeness (QED) is 0.597. The van der Waals surface area contributed by atoms with Crippen molar-refractivity contribution >= 4 is 17.6 Å². The van der Waals surface area contributed by atoms with E-state index in [-0.39, 0.29) is 6.04 Å². The van der Waals surface area contributed by atoms with E-state index in [0.717, 1.165) is 55.6 Å². The minimum absolute atomic E-state index is 0.286. The summed E-state index contributed by atoms with van der Waals surface area (Å²) in [6, 6.07) is 5.70. The Balaban J connectivity index is 2.17. The zero-order valence-electron chi connectivity index (χ0n) is 16.5. The zero-order chi connectivity index (χ0) is 19.4. The molecule has 0 aliphatic carbocycles. The highest BCUT2D eigenvalue weighted by atomic mass is 16.5. The average molecular weight is 375 g/mol. The van der Waals surface area contributed by atoms with Crippen molar-refractivity contribution < 1.29 is 23.8 Å². The van der Waals surface area contributed by atoms with Gasteiger partial charge in [0.1, 0.15) is 5.75 Å². The van der Waals surface area contributed by atoms with Gasteiger partial charge in [-0.15, -0.1) is 0 Å². The van der Waals surface area contributed by atoms with Crippen molar-refractivity contribution in [1.29, 1.82) is 0 Å². The number of ether oxygens (including phenoxy) is 3. The second-order valence-corrected chi connectivity index (χ2v) is 7.36. The van der Waals surface area contributed by atoms with Gasteiger partial charge in [-0.3, -0.25) is 9.59 Å². The van der Waals surface area contributed by atoms with Crippen molar-refractivity contribution in [2.45, 2.75) is 51.0 Å². The molecule has 0 amide bonds. The Morgan fingerprint density at radius 2 is 1.74 bits per heavy atom. The summed E-state index contributed by atoms with van der Waals surface area (Å²) in [4.78, 5) is 28.2. The number of methoxy groups -OCH3 is 3. The molecular weight excluding hydrogens is 346 g/mol. The van der Waals surface area contributed by atoms with Crippen LogP contribution in [0, 0.1) is 5.41 Å². The third-order valence-corrected chi connectivity index (χ3v) is 6.06. The Labute approximate surface area is 160 Å². The van der Waals surface area contributed by atoms with Crippen LogP contribution in [0.4, 0.5) is 5.69 Å². The summed E-state index contributed by atoms with van der Waals surface area (Å²) in [5.41, 5.74) is 0.861. The first-order chi connectivity index (χ1) is 13.1. The smallest absolute Gasteiger partial charge is 0.325 e. The van der Waals surface area contributed by atoms with E-state index >= 15 is 0 Å². The fraction of sp³-hybridized carbons (Fsp3) is 0.619. The van der Waals surface area contributed by atoms with E-state index in [1.165, 1.54) is 14.2 Å². The lowest BCUT2D eigenvalue weighted by Crippen LogP contribution is -2.57. The summed E-state index contributed by atoms with van der Waals surface area (Å²) in [6.07, 6.45) is 5.98. The topological polar surface area (TPSA) is 65.1 Å². The van der Waals surface area contributed by atoms with Gasteiger partial charge in [-0.05, 0) is 37.3 Å². The molecule has 0 spiro atoms. The number of anilines is 1. The van der Waals surface area contributed by atoms with Crippen LogP contribution in [0.2, 0.25) is 0 Å². The SMILES string of the molecule is COC(=O)C1(C(=O)OC)CCc2ccc(OC)cc2N2CCCCCCC21. The van der Waals surface area contributed by atoms with E-state index in [2.05, 4.69) is 4.90 Å². The number of rotatable bonds is 3. The van der Waals surface area contributed by atoms with Gasteiger partial charge < -0.3 is 19.1 Å². The van der Waals surface area contributed by atoms with Crippen LogP contribution in [0.3, 0.4) is 0 Å². The molecule has 6 nitrogen and oxygen atoms in total. The van der Waals surface area contributed by atoms with Gasteiger partial charge in [-0.25, -0.2) is 0 Å². The van der Waals surface area contributed by atoms with Gasteiger partial charge in [0, 0.05) is 18.3 Å². The fourth-order valence-corrected chi connectivity index (χ4v) is 4.66. The highest BCUT2D eigenvalue weighted by Crippen LogP contribution is 2.45. The van der Waals surface area contributed by atoms with Gasteiger partial charge in [-0.1, -0.05) is 25.3 Å². The number of esters is 2. The molecule has 3 rings (SSSR count). The molecule has 0 radical (unpaired) electrons. The van der Waals surface area contributed by atoms with Crippen molar-refractivity contribution in [3.8, 4) is 5.75 Å². The maximum atomic E-state index is 13.0. The molecule has 1 fully saturated rings. The van der Waals surface area contributed by atoms with E-state index in [1.807, 2.05) is 18.2 Å². The van der Waals surface area contributed by atoms with Crippen LogP contribution in [0.5, 0.6) is 5.75 Å². The van der Waals surface area contributed by atoms with Crippen LogP contribution in [0.1, 0.15) is 44.1 Å². The molecule has 148 valence electrons. The Bertz CT molecular complexity index is 686. The summed E-state index contributed by atoms with van der Waals surface area (Å²) in [5, 5.41) is 0. The van der Waals surface area contributed by atoms with Crippen LogP contribution in [-0.2, 0) is 25.5 Å². The molecule has 2 heterocycles. The molecule has 0 saturated carbocycles. The maximum Gasteiger partial charge on any atom is 0.325 e. The van der Waals surface area contributed by atoms with Gasteiger partial charge in [-0.2, -0.15) is 0 Å². The van der Waals surface area contributed by atoms with Crippen LogP contribution >= 0.6 is 0 Å². The normalized spacial score (nSPS) is 21.6. The van der Waals surface area contributed by atoms with Crippen LogP contribution < -0.4 is 9.64 Å². The molecule has 0 bridgehead atoms. The number of hydrogen-bond donors (Lipinski definition) is 0. The molecule has 2 aliphatic rings. The number of nitrogens with zero attached hydrogens (tertiary/aromatic N) is 1. The molecule has 1 aromatic carbocycles. The molecular formula is C21H29NO5. The largest absolute Gasteiger partial charge is 0.497 e. The minimum Gasteiger partial charge on any atom is -0.497 e. The van der Waals surface area contributed by atoms with Gasteiger partial charge in [0.05, 0.1) is 27.4 Å². The van der Waals surface area contributed by atoms with E-state index in [0.29, 0.717) is 12.8 Å². The van der Waals surface area contributed by atoms with Crippen molar-refractivity contribution in [3.05, 3.63) is 23.8 Å². The molecule has 6 heteroatoms. The zero-order valence-corrected chi connectivity index (χ0v) is 16.5. The molecule has 2 aliphatic heterocycles. The lowest BCUT2D eigenvalue weighted by molar-refractivity contribution is -0.171. The Morgan fingerprint density at radius 1 is 1.04 bits per heavy atom. The first-order valence-electron chi connectivity index (χ1n) is 9.69. The van der Waals surface area contributed by atoms with Gasteiger partial charge in [0.25, 0.3) is 0 Å². The molecule has 27 heavy (non-hydrogen) atoms. The summed E-state index contributed by atoms with van der Waals surface area (Å²) < 4.78 is 15.7. The monoisotopic (exact) mass is 375 g/mol. The first kappa shape index (κ1) is 19.5. The van der Waals surface area contributed by atoms with Crippen molar-refractivity contribution in [3.63, 3.8) is 0 Å². The third kappa shape index (κ3) is 3.37. The lowest BCUT2D eigenvalue weighted by atomic mass is 9.73. The number of fused-ring (bicyclic) bond motifs is 3. The maximum absolute atomic E-state index is 13.0. The summed E-state index contributed by atoms with van der Waals surface area (Å²) in [6.45, 7) is 0.792. The molecule has 0 aromatic heterocycles. The van der Waals surface area contributed by atoms with E-state index in [1.54, 1.807) is 7.11 Å². The first-order valence-corrected chi connectivity index (χ1v) is 9.69. The summed E-state index contributed by atoms with van der Waals surface area (Å²) >= 11 is 0. The van der Waals surface area contributed by atoms with E-state index in [9.17, 15) is 9.59 Å². The highest BCUT2D eigenvalue weighted by molar-refractivity contribution is 6.02. The summed E-state index contributed by atoms with van der Waals surface area (Å²) in [5.74, 6) is -0.215. The lowest BCUT2D eigenvalue weighted by Gasteiger charge is -2.43. The van der Waals surface area contributed by atoms with Crippen LogP contribution in [0.25, 0.3) is 0 Å².